The van der Waals surface area contributed by atoms with Crippen molar-refractivity contribution in [2.45, 2.75) is 6.92 Å². The molecule has 0 unspecified atom stereocenters. The van der Waals surface area contributed by atoms with Gasteiger partial charge in [-0.2, -0.15) is 0 Å². The highest BCUT2D eigenvalue weighted by molar-refractivity contribution is 6.29. The molecule has 0 bridgehead atoms. The summed E-state index contributed by atoms with van der Waals surface area (Å²) >= 11 is 0. The highest BCUT2D eigenvalue weighted by Crippen LogP contribution is 2.45. The highest BCUT2D eigenvalue weighted by atomic mass is 15.0. The fraction of sp³-hybridized carbons (Fsp3) is 0.0217. The Morgan fingerprint density at radius 3 is 1.72 bits per heavy atom. The van der Waals surface area contributed by atoms with E-state index in [1.54, 1.807) is 6.08 Å². The summed E-state index contributed by atoms with van der Waals surface area (Å²) in [4.78, 5) is 3.86. The Morgan fingerprint density at radius 1 is 0.500 bits per heavy atom. The van der Waals surface area contributed by atoms with Crippen LogP contribution in [-0.2, 0) is 0 Å². The van der Waals surface area contributed by atoms with Crippen molar-refractivity contribution < 1.29 is 0 Å². The maximum atomic E-state index is 6.39. The van der Waals surface area contributed by atoms with Crippen molar-refractivity contribution in [1.82, 2.24) is 14.1 Å². The molecule has 3 heterocycles. The van der Waals surface area contributed by atoms with E-state index in [0.29, 0.717) is 0 Å². The van der Waals surface area contributed by atoms with Crippen molar-refractivity contribution >= 4 is 71.6 Å². The van der Waals surface area contributed by atoms with E-state index in [-0.39, 0.29) is 0 Å². The zero-order valence-electron chi connectivity index (χ0n) is 27.6. The second kappa shape index (κ2) is 12.1. The van der Waals surface area contributed by atoms with E-state index in [2.05, 4.69) is 172 Å². The molecule has 0 saturated carbocycles. The molecule has 0 aliphatic rings. The summed E-state index contributed by atoms with van der Waals surface area (Å²) in [6.07, 6.45) is 4.73. The topological polar surface area (TPSA) is 49.5 Å². The first-order chi connectivity index (χ1) is 24.8. The number of hydrogen-bond acceptors (Lipinski definition) is 1. The minimum absolute atomic E-state index is 1.15. The van der Waals surface area contributed by atoms with Crippen molar-refractivity contribution in [2.24, 2.45) is 0 Å². The van der Waals surface area contributed by atoms with Crippen LogP contribution in [0.1, 0.15) is 6.92 Å². The average molecular weight is 643 g/mol. The molecule has 2 N–H and O–H groups in total. The van der Waals surface area contributed by atoms with Gasteiger partial charge < -0.3 is 19.5 Å². The summed E-state index contributed by atoms with van der Waals surface area (Å²) in [6, 6.07) is 57.1. The molecule has 0 radical (unpaired) electrons. The van der Waals surface area contributed by atoms with E-state index >= 15 is 0 Å². The van der Waals surface area contributed by atoms with E-state index < -0.39 is 0 Å². The van der Waals surface area contributed by atoms with E-state index in [1.165, 1.54) is 82.9 Å². The molecule has 0 atom stereocenters. The first-order valence-corrected chi connectivity index (χ1v) is 17.0. The van der Waals surface area contributed by atoms with Gasteiger partial charge in [0.2, 0.25) is 0 Å². The number of hydrogen-bond donors (Lipinski definition) is 2. The number of allylic oxidation sites excluding steroid dienone is 2. The average Bonchev–Trinajstić information content (AvgIpc) is 3.83. The minimum atomic E-state index is 1.15. The molecular formula is C46H34N4. The maximum Gasteiger partial charge on any atom is 0.0572 e. The normalized spacial score (nSPS) is 11.7. The quantitative estimate of drug-likeness (QED) is 0.180. The molecule has 0 spiro atoms. The maximum absolute atomic E-state index is 6.39. The van der Waals surface area contributed by atoms with Crippen LogP contribution in [0, 0.1) is 5.41 Å². The molecule has 10 aromatic rings. The largest absolute Gasteiger partial charge is 0.354 e. The van der Waals surface area contributed by atoms with Crippen molar-refractivity contribution in [3.05, 3.63) is 170 Å². The second-order valence-electron chi connectivity index (χ2n) is 12.5. The van der Waals surface area contributed by atoms with Crippen LogP contribution in [0.4, 0.5) is 0 Å². The smallest absolute Gasteiger partial charge is 0.0572 e. The number of aromatic nitrogens is 3. The summed E-state index contributed by atoms with van der Waals surface area (Å²) < 4.78 is 4.80. The Hall–Kier alpha value is -6.65. The van der Waals surface area contributed by atoms with Gasteiger partial charge in [-0.1, -0.05) is 103 Å². The van der Waals surface area contributed by atoms with E-state index in [0.717, 1.165) is 11.2 Å². The lowest BCUT2D eigenvalue weighted by molar-refractivity contribution is 1.18. The summed E-state index contributed by atoms with van der Waals surface area (Å²) in [6.45, 7) is 1.88. The van der Waals surface area contributed by atoms with Gasteiger partial charge in [-0.05, 0) is 84.8 Å². The van der Waals surface area contributed by atoms with Crippen LogP contribution in [0.2, 0.25) is 0 Å². The number of benzene rings is 7. The third kappa shape index (κ3) is 4.57. The predicted molar refractivity (Wildman–Crippen MR) is 214 cm³/mol. The Bertz CT molecular complexity index is 2880. The van der Waals surface area contributed by atoms with Crippen molar-refractivity contribution in [3.8, 4) is 22.5 Å². The van der Waals surface area contributed by atoms with Crippen LogP contribution in [0.5, 0.6) is 0 Å². The second-order valence-corrected chi connectivity index (χ2v) is 12.5. The van der Waals surface area contributed by atoms with Crippen LogP contribution in [0.25, 0.3) is 87.9 Å². The molecule has 0 fully saturated rings. The molecule has 4 nitrogen and oxygen atoms in total. The van der Waals surface area contributed by atoms with Crippen molar-refractivity contribution in [3.63, 3.8) is 0 Å². The molecule has 7 aromatic carbocycles. The highest BCUT2D eigenvalue weighted by Gasteiger charge is 2.21. The Kier molecular flexibility index (Phi) is 7.14. The van der Waals surface area contributed by atoms with Crippen molar-refractivity contribution in [1.29, 1.82) is 5.41 Å². The minimum Gasteiger partial charge on any atom is -0.354 e. The van der Waals surface area contributed by atoms with E-state index in [4.69, 9.17) is 5.41 Å². The number of rotatable bonds is 4. The molecule has 0 saturated heterocycles. The molecule has 3 aromatic heterocycles. The molecular weight excluding hydrogens is 609 g/mol. The Morgan fingerprint density at radius 2 is 1.06 bits per heavy atom. The van der Waals surface area contributed by atoms with Crippen molar-refractivity contribution in [2.75, 3.05) is 0 Å². The number of aromatic amines is 1. The molecule has 10 rings (SSSR count). The monoisotopic (exact) mass is 642 g/mol. The standard InChI is InChI=1S/C42H27N3.C4H7N/c1-3-13-28(14-4-1)44-36-21-11-8-17-30(36)34-25-27(23-24-38(34)44)33-26-39-41(42-40(33)31-18-7-10-20-35(31)43-42)32-19-9-12-22-37(32)45(39)29-15-5-2-6-16-29;1-2-3-4-5/h1-26,43H;2-5H,1H3/b;3-2-,5-4?. The van der Waals surface area contributed by atoms with Crippen LogP contribution in [0.3, 0.4) is 0 Å². The van der Waals surface area contributed by atoms with Gasteiger partial charge in [0.05, 0.1) is 27.6 Å². The summed E-state index contributed by atoms with van der Waals surface area (Å²) in [5, 5.41) is 13.9. The SMILES string of the molecule is C/C=C\C=N.c1ccc(-n2c3ccccc3c3cc(-c4cc5c(c6ccccc6n5-c5ccccc5)c5[nH]c6ccccc6c45)ccc32)cc1. The molecule has 238 valence electrons. The Balaban J connectivity index is 0.000000632. The van der Waals surface area contributed by atoms with Crippen LogP contribution < -0.4 is 0 Å². The molecule has 0 aliphatic heterocycles. The number of nitrogens with one attached hydrogen (secondary N) is 2. The summed E-state index contributed by atoms with van der Waals surface area (Å²) in [7, 11) is 0. The first-order valence-electron chi connectivity index (χ1n) is 17.0. The molecule has 0 aliphatic carbocycles. The fourth-order valence-corrected chi connectivity index (χ4v) is 7.65. The number of para-hydroxylation sites is 5. The van der Waals surface area contributed by atoms with Gasteiger partial charge in [0.25, 0.3) is 0 Å². The molecule has 50 heavy (non-hydrogen) atoms. The number of fused-ring (bicyclic) bond motifs is 10. The molecule has 4 heteroatoms. The van der Waals surface area contributed by atoms with Gasteiger partial charge in [-0.15, -0.1) is 0 Å². The lowest BCUT2D eigenvalue weighted by atomic mass is 9.95. The summed E-state index contributed by atoms with van der Waals surface area (Å²) in [5.41, 5.74) is 11.9. The molecule has 0 amide bonds. The lowest BCUT2D eigenvalue weighted by Crippen LogP contribution is -1.94. The zero-order valence-corrected chi connectivity index (χ0v) is 27.6. The van der Waals surface area contributed by atoms with Gasteiger partial charge in [-0.3, -0.25) is 0 Å². The summed E-state index contributed by atoms with van der Waals surface area (Å²) in [5.74, 6) is 0. The van der Waals surface area contributed by atoms with Gasteiger partial charge >= 0.3 is 0 Å². The van der Waals surface area contributed by atoms with Crippen LogP contribution >= 0.6 is 0 Å². The Labute approximate surface area is 289 Å². The van der Waals surface area contributed by atoms with Gasteiger partial charge in [0, 0.05) is 55.4 Å². The first kappa shape index (κ1) is 29.5. The number of H-pyrrole nitrogens is 1. The fourth-order valence-electron chi connectivity index (χ4n) is 7.65. The third-order valence-electron chi connectivity index (χ3n) is 9.72. The number of nitrogens with zero attached hydrogens (tertiary/aromatic N) is 2. The van der Waals surface area contributed by atoms with Crippen LogP contribution in [-0.4, -0.2) is 20.3 Å². The zero-order chi connectivity index (χ0) is 33.6. The van der Waals surface area contributed by atoms with Gasteiger partial charge in [0.15, 0.2) is 0 Å². The van der Waals surface area contributed by atoms with E-state index in [9.17, 15) is 0 Å². The lowest BCUT2D eigenvalue weighted by Gasteiger charge is -2.11. The predicted octanol–water partition coefficient (Wildman–Crippen LogP) is 12.4. The third-order valence-corrected chi connectivity index (χ3v) is 9.72. The van der Waals surface area contributed by atoms with Gasteiger partial charge in [-0.25, -0.2) is 0 Å². The van der Waals surface area contributed by atoms with Crippen LogP contribution in [0.15, 0.2) is 170 Å². The van der Waals surface area contributed by atoms with E-state index in [1.807, 2.05) is 13.0 Å². The van der Waals surface area contributed by atoms with Gasteiger partial charge in [0.1, 0.15) is 0 Å².